The summed E-state index contributed by atoms with van der Waals surface area (Å²) in [6, 6.07) is 36.4. The molecule has 0 radical (unpaired) electrons. The lowest BCUT2D eigenvalue weighted by Crippen LogP contribution is -2.19. The molecule has 1 aliphatic carbocycles. The molecule has 36 heavy (non-hydrogen) atoms. The van der Waals surface area contributed by atoms with Crippen molar-refractivity contribution in [2.45, 2.75) is 38.7 Å². The number of para-hydroxylation sites is 3. The van der Waals surface area contributed by atoms with E-state index in [-0.39, 0.29) is 11.5 Å². The maximum absolute atomic E-state index is 7.00. The van der Waals surface area contributed by atoms with E-state index >= 15 is 0 Å². The van der Waals surface area contributed by atoms with Gasteiger partial charge in [-0.05, 0) is 60.4 Å². The normalized spacial score (nSPS) is 18.6. The molecule has 1 aliphatic heterocycles. The SMILES string of the molecule is CC1Oc2c(cccc2N(c2ccccc2)c2ccccc2)C/C=C\C2=C1c1ccccc1C2(C)C. The van der Waals surface area contributed by atoms with E-state index in [1.54, 1.807) is 0 Å². The Hall–Kier alpha value is -4.04. The van der Waals surface area contributed by atoms with Crippen LogP contribution in [0.3, 0.4) is 0 Å². The molecule has 0 spiro atoms. The first-order valence-corrected chi connectivity index (χ1v) is 12.8. The highest BCUT2D eigenvalue weighted by Crippen LogP contribution is 2.50. The number of ether oxygens (including phenoxy) is 1. The summed E-state index contributed by atoms with van der Waals surface area (Å²) >= 11 is 0. The lowest BCUT2D eigenvalue weighted by atomic mass is 9.81. The van der Waals surface area contributed by atoms with E-state index in [0.29, 0.717) is 0 Å². The van der Waals surface area contributed by atoms with Gasteiger partial charge < -0.3 is 9.64 Å². The smallest absolute Gasteiger partial charge is 0.147 e. The number of hydrogen-bond acceptors (Lipinski definition) is 2. The van der Waals surface area contributed by atoms with Crippen LogP contribution in [0, 0.1) is 0 Å². The minimum Gasteiger partial charge on any atom is -0.483 e. The first-order valence-electron chi connectivity index (χ1n) is 12.8. The number of allylic oxidation sites excluding steroid dienone is 3. The van der Waals surface area contributed by atoms with Crippen LogP contribution in [0.5, 0.6) is 5.75 Å². The highest BCUT2D eigenvalue weighted by Gasteiger charge is 2.39. The van der Waals surface area contributed by atoms with Crippen LogP contribution in [0.2, 0.25) is 0 Å². The van der Waals surface area contributed by atoms with Gasteiger partial charge >= 0.3 is 0 Å². The Bertz CT molecular complexity index is 1420. The summed E-state index contributed by atoms with van der Waals surface area (Å²) in [6.45, 7) is 6.85. The monoisotopic (exact) mass is 469 g/mol. The van der Waals surface area contributed by atoms with E-state index in [0.717, 1.165) is 29.2 Å². The van der Waals surface area contributed by atoms with E-state index in [4.69, 9.17) is 4.74 Å². The summed E-state index contributed by atoms with van der Waals surface area (Å²) < 4.78 is 7.00. The maximum atomic E-state index is 7.00. The number of hydrogen-bond donors (Lipinski definition) is 0. The van der Waals surface area contributed by atoms with Crippen LogP contribution in [0.15, 0.2) is 121 Å². The summed E-state index contributed by atoms with van der Waals surface area (Å²) in [6.07, 6.45) is 5.36. The van der Waals surface area contributed by atoms with Crippen LogP contribution < -0.4 is 9.64 Å². The molecule has 4 aromatic carbocycles. The van der Waals surface area contributed by atoms with E-state index in [1.807, 2.05) is 0 Å². The molecule has 2 heteroatoms. The second kappa shape index (κ2) is 8.87. The molecule has 2 aliphatic rings. The molecular weight excluding hydrogens is 438 g/mol. The third-order valence-corrected chi connectivity index (χ3v) is 7.52. The van der Waals surface area contributed by atoms with Crippen molar-refractivity contribution in [3.05, 3.63) is 138 Å². The van der Waals surface area contributed by atoms with Crippen LogP contribution in [0.4, 0.5) is 17.1 Å². The van der Waals surface area contributed by atoms with Gasteiger partial charge in [-0.3, -0.25) is 0 Å². The van der Waals surface area contributed by atoms with Crippen molar-refractivity contribution >= 4 is 22.6 Å². The fraction of sp³-hybridized carbons (Fsp3) is 0.176. The largest absolute Gasteiger partial charge is 0.483 e. The molecule has 6 rings (SSSR count). The Morgan fingerprint density at radius 2 is 1.39 bits per heavy atom. The molecule has 0 amide bonds. The van der Waals surface area contributed by atoms with Crippen molar-refractivity contribution < 1.29 is 4.74 Å². The first kappa shape index (κ1) is 22.4. The summed E-state index contributed by atoms with van der Waals surface area (Å²) in [5.41, 5.74) is 9.73. The Morgan fingerprint density at radius 3 is 2.08 bits per heavy atom. The van der Waals surface area contributed by atoms with Crippen LogP contribution >= 0.6 is 0 Å². The van der Waals surface area contributed by atoms with Gasteiger partial charge in [-0.1, -0.05) is 98.8 Å². The molecule has 2 nitrogen and oxygen atoms in total. The Balaban J connectivity index is 1.52. The number of rotatable bonds is 3. The highest BCUT2D eigenvalue weighted by atomic mass is 16.5. The summed E-state index contributed by atoms with van der Waals surface area (Å²) in [4.78, 5) is 2.30. The molecule has 0 fully saturated rings. The molecule has 1 heterocycles. The van der Waals surface area contributed by atoms with E-state index in [1.165, 1.54) is 27.8 Å². The predicted molar refractivity (Wildman–Crippen MR) is 150 cm³/mol. The first-order chi connectivity index (χ1) is 17.6. The average Bonchev–Trinajstić information content (AvgIpc) is 3.17. The van der Waals surface area contributed by atoms with Gasteiger partial charge in [0.25, 0.3) is 0 Å². The van der Waals surface area contributed by atoms with E-state index in [2.05, 4.69) is 141 Å². The van der Waals surface area contributed by atoms with Crippen LogP contribution in [0.25, 0.3) is 5.57 Å². The summed E-state index contributed by atoms with van der Waals surface area (Å²) in [5, 5.41) is 0. The van der Waals surface area contributed by atoms with Gasteiger partial charge in [0.15, 0.2) is 0 Å². The quantitative estimate of drug-likeness (QED) is 0.297. The molecule has 1 unspecified atom stereocenters. The average molecular weight is 470 g/mol. The van der Waals surface area contributed by atoms with Gasteiger partial charge in [0.1, 0.15) is 11.9 Å². The van der Waals surface area contributed by atoms with Crippen LogP contribution in [0.1, 0.15) is 37.5 Å². The van der Waals surface area contributed by atoms with Gasteiger partial charge in [0, 0.05) is 27.9 Å². The van der Waals surface area contributed by atoms with Crippen molar-refractivity contribution in [2.75, 3.05) is 4.90 Å². The zero-order chi connectivity index (χ0) is 24.7. The lowest BCUT2D eigenvalue weighted by molar-refractivity contribution is 0.277. The second-order valence-electron chi connectivity index (χ2n) is 10.1. The number of nitrogens with zero attached hydrogens (tertiary/aromatic N) is 1. The van der Waals surface area contributed by atoms with Gasteiger partial charge in [0.2, 0.25) is 0 Å². The number of anilines is 3. The third-order valence-electron chi connectivity index (χ3n) is 7.52. The Morgan fingerprint density at radius 1 is 0.750 bits per heavy atom. The van der Waals surface area contributed by atoms with E-state index < -0.39 is 0 Å². The standard InChI is InChI=1S/C34H31NO/c1-24-32-28-20-10-11-21-29(28)34(2,3)30(32)22-12-14-25-15-13-23-31(33(25)36-24)35(26-16-6-4-7-17-26)27-18-8-5-9-19-27/h4-13,15-24H,14H2,1-3H3/b22-12-. The van der Waals surface area contributed by atoms with Crippen molar-refractivity contribution in [3.63, 3.8) is 0 Å². The van der Waals surface area contributed by atoms with Gasteiger partial charge in [-0.15, -0.1) is 0 Å². The molecule has 0 saturated heterocycles. The molecule has 4 aromatic rings. The van der Waals surface area contributed by atoms with Crippen molar-refractivity contribution in [3.8, 4) is 5.75 Å². The maximum Gasteiger partial charge on any atom is 0.147 e. The molecule has 0 aromatic heterocycles. The summed E-state index contributed by atoms with van der Waals surface area (Å²) in [5.74, 6) is 0.943. The lowest BCUT2D eigenvalue weighted by Gasteiger charge is -2.30. The van der Waals surface area contributed by atoms with Crippen molar-refractivity contribution in [1.29, 1.82) is 0 Å². The second-order valence-corrected chi connectivity index (χ2v) is 10.1. The fourth-order valence-corrected chi connectivity index (χ4v) is 5.79. The van der Waals surface area contributed by atoms with Gasteiger partial charge in [0.05, 0.1) is 5.69 Å². The zero-order valence-electron chi connectivity index (χ0n) is 21.1. The van der Waals surface area contributed by atoms with Crippen LogP contribution in [-0.2, 0) is 11.8 Å². The van der Waals surface area contributed by atoms with Gasteiger partial charge in [-0.25, -0.2) is 0 Å². The molecule has 178 valence electrons. The molecule has 0 saturated carbocycles. The number of fused-ring (bicyclic) bond motifs is 3. The predicted octanol–water partition coefficient (Wildman–Crippen LogP) is 8.78. The minimum absolute atomic E-state index is 0.0560. The zero-order valence-corrected chi connectivity index (χ0v) is 21.1. The minimum atomic E-state index is -0.0982. The van der Waals surface area contributed by atoms with Crippen molar-refractivity contribution in [2.24, 2.45) is 0 Å². The Kier molecular flexibility index (Phi) is 5.53. The molecular formula is C34H31NO. The Labute approximate surface area is 214 Å². The molecule has 0 bridgehead atoms. The van der Waals surface area contributed by atoms with Gasteiger partial charge in [-0.2, -0.15) is 0 Å². The number of benzene rings is 4. The van der Waals surface area contributed by atoms with E-state index in [9.17, 15) is 0 Å². The van der Waals surface area contributed by atoms with Crippen molar-refractivity contribution in [1.82, 2.24) is 0 Å². The summed E-state index contributed by atoms with van der Waals surface area (Å²) in [7, 11) is 0. The van der Waals surface area contributed by atoms with Crippen LogP contribution in [-0.4, -0.2) is 6.10 Å². The fourth-order valence-electron chi connectivity index (χ4n) is 5.79. The molecule has 0 N–H and O–H groups in total. The third kappa shape index (κ3) is 3.65. The molecule has 1 atom stereocenters. The highest BCUT2D eigenvalue weighted by molar-refractivity contribution is 5.86. The topological polar surface area (TPSA) is 12.5 Å².